The molecule has 0 radical (unpaired) electrons. The van der Waals surface area contributed by atoms with E-state index in [9.17, 15) is 4.79 Å². The lowest BCUT2D eigenvalue weighted by molar-refractivity contribution is 0.0820. The number of hydrogen-bond donors (Lipinski definition) is 0. The normalized spacial score (nSPS) is 17.7. The molecule has 1 saturated carbocycles. The molecule has 1 aliphatic heterocycles. The molecule has 20 heavy (non-hydrogen) atoms. The Bertz CT molecular complexity index is 672. The summed E-state index contributed by atoms with van der Waals surface area (Å²) in [5.41, 5.74) is 1.24. The van der Waals surface area contributed by atoms with Crippen molar-refractivity contribution >= 4 is 5.78 Å². The minimum absolute atomic E-state index is 0.109. The first kappa shape index (κ1) is 11.5. The van der Waals surface area contributed by atoms with Crippen LogP contribution in [0.15, 0.2) is 48.5 Å². The molecule has 0 amide bonds. The summed E-state index contributed by atoms with van der Waals surface area (Å²) >= 11 is 0. The summed E-state index contributed by atoms with van der Waals surface area (Å²) in [4.78, 5) is 12.2. The van der Waals surface area contributed by atoms with Gasteiger partial charge in [-0.05, 0) is 36.6 Å². The maximum absolute atomic E-state index is 12.2. The first-order valence-corrected chi connectivity index (χ1v) is 6.81. The Balaban J connectivity index is 1.54. The first-order chi connectivity index (χ1) is 9.77. The zero-order chi connectivity index (χ0) is 13.6. The molecule has 2 aromatic rings. The molecule has 0 bridgehead atoms. The SMILES string of the molecule is O=C1c2cc(OCc3ccccc3)ccc2OC12CC2. The molecule has 0 unspecified atom stereocenters. The van der Waals surface area contributed by atoms with E-state index in [0.717, 1.165) is 18.4 Å². The highest BCUT2D eigenvalue weighted by atomic mass is 16.5. The van der Waals surface area contributed by atoms with Gasteiger partial charge in [-0.15, -0.1) is 0 Å². The summed E-state index contributed by atoms with van der Waals surface area (Å²) in [5.74, 6) is 1.51. The molecule has 2 aliphatic rings. The molecule has 0 aromatic heterocycles. The van der Waals surface area contributed by atoms with Gasteiger partial charge in [0.15, 0.2) is 5.60 Å². The third-order valence-corrected chi connectivity index (χ3v) is 3.87. The van der Waals surface area contributed by atoms with E-state index >= 15 is 0 Å². The van der Waals surface area contributed by atoms with Crippen molar-refractivity contribution in [3.8, 4) is 11.5 Å². The molecular weight excluding hydrogens is 252 g/mol. The van der Waals surface area contributed by atoms with Crippen molar-refractivity contribution in [1.29, 1.82) is 0 Å². The van der Waals surface area contributed by atoms with Gasteiger partial charge in [0.05, 0.1) is 5.56 Å². The number of carbonyl (C=O) groups excluding carboxylic acids is 1. The summed E-state index contributed by atoms with van der Waals surface area (Å²) in [7, 11) is 0. The van der Waals surface area contributed by atoms with Crippen molar-refractivity contribution in [3.05, 3.63) is 59.7 Å². The standard InChI is InChI=1S/C17H14O3/c18-16-14-10-13(19-11-12-4-2-1-3-5-12)6-7-15(14)20-17(16)8-9-17/h1-7,10H,8-9,11H2. The van der Waals surface area contributed by atoms with Crippen LogP contribution in [-0.4, -0.2) is 11.4 Å². The van der Waals surface area contributed by atoms with Gasteiger partial charge in [0.1, 0.15) is 18.1 Å². The average Bonchev–Trinajstić information content (AvgIpc) is 3.21. The Morgan fingerprint density at radius 3 is 2.65 bits per heavy atom. The minimum Gasteiger partial charge on any atom is -0.489 e. The quantitative estimate of drug-likeness (QED) is 0.854. The van der Waals surface area contributed by atoms with Crippen LogP contribution in [0.5, 0.6) is 11.5 Å². The second-order valence-electron chi connectivity index (χ2n) is 5.36. The topological polar surface area (TPSA) is 35.5 Å². The fraction of sp³-hybridized carbons (Fsp3) is 0.235. The molecule has 3 nitrogen and oxygen atoms in total. The van der Waals surface area contributed by atoms with Gasteiger partial charge in [-0.1, -0.05) is 30.3 Å². The molecule has 0 atom stereocenters. The van der Waals surface area contributed by atoms with Gasteiger partial charge in [-0.3, -0.25) is 4.79 Å². The molecular formula is C17H14O3. The highest BCUT2D eigenvalue weighted by Gasteiger charge is 2.57. The van der Waals surface area contributed by atoms with Crippen LogP contribution < -0.4 is 9.47 Å². The zero-order valence-corrected chi connectivity index (χ0v) is 11.0. The zero-order valence-electron chi connectivity index (χ0n) is 11.0. The van der Waals surface area contributed by atoms with Crippen LogP contribution in [0.3, 0.4) is 0 Å². The molecule has 3 heteroatoms. The lowest BCUT2D eigenvalue weighted by Gasteiger charge is -2.07. The molecule has 1 aliphatic carbocycles. The lowest BCUT2D eigenvalue weighted by Crippen LogP contribution is -2.21. The fourth-order valence-corrected chi connectivity index (χ4v) is 2.55. The Morgan fingerprint density at radius 2 is 1.90 bits per heavy atom. The average molecular weight is 266 g/mol. The largest absolute Gasteiger partial charge is 0.489 e. The van der Waals surface area contributed by atoms with Crippen LogP contribution in [-0.2, 0) is 6.61 Å². The van der Waals surface area contributed by atoms with Crippen molar-refractivity contribution < 1.29 is 14.3 Å². The maximum atomic E-state index is 12.2. The van der Waals surface area contributed by atoms with E-state index in [1.165, 1.54) is 0 Å². The second-order valence-corrected chi connectivity index (χ2v) is 5.36. The molecule has 1 spiro atoms. The van der Waals surface area contributed by atoms with E-state index in [-0.39, 0.29) is 5.78 Å². The summed E-state index contributed by atoms with van der Waals surface area (Å²) in [6.45, 7) is 0.500. The first-order valence-electron chi connectivity index (χ1n) is 6.81. The lowest BCUT2D eigenvalue weighted by atomic mass is 10.1. The van der Waals surface area contributed by atoms with E-state index in [1.54, 1.807) is 6.07 Å². The predicted molar refractivity (Wildman–Crippen MR) is 74.1 cm³/mol. The number of benzene rings is 2. The summed E-state index contributed by atoms with van der Waals surface area (Å²) in [5, 5.41) is 0. The van der Waals surface area contributed by atoms with Gasteiger partial charge in [0.25, 0.3) is 0 Å². The molecule has 1 heterocycles. The Morgan fingerprint density at radius 1 is 1.10 bits per heavy atom. The Labute approximate surface area is 117 Å². The minimum atomic E-state index is -0.527. The smallest absolute Gasteiger partial charge is 0.210 e. The van der Waals surface area contributed by atoms with Crippen molar-refractivity contribution in [1.82, 2.24) is 0 Å². The summed E-state index contributed by atoms with van der Waals surface area (Å²) < 4.78 is 11.5. The third kappa shape index (κ3) is 1.78. The van der Waals surface area contributed by atoms with Gasteiger partial charge in [0, 0.05) is 0 Å². The van der Waals surface area contributed by atoms with Gasteiger partial charge in [-0.2, -0.15) is 0 Å². The van der Waals surface area contributed by atoms with Gasteiger partial charge >= 0.3 is 0 Å². The highest BCUT2D eigenvalue weighted by Crippen LogP contribution is 2.50. The van der Waals surface area contributed by atoms with Crippen LogP contribution in [0.1, 0.15) is 28.8 Å². The number of ketones is 1. The van der Waals surface area contributed by atoms with Crippen LogP contribution in [0.4, 0.5) is 0 Å². The number of rotatable bonds is 3. The monoisotopic (exact) mass is 266 g/mol. The van der Waals surface area contributed by atoms with Gasteiger partial charge in [-0.25, -0.2) is 0 Å². The van der Waals surface area contributed by atoms with Crippen LogP contribution in [0.25, 0.3) is 0 Å². The molecule has 1 fully saturated rings. The van der Waals surface area contributed by atoms with Crippen LogP contribution in [0, 0.1) is 0 Å². The third-order valence-electron chi connectivity index (χ3n) is 3.87. The highest BCUT2D eigenvalue weighted by molar-refractivity contribution is 6.09. The van der Waals surface area contributed by atoms with Crippen molar-refractivity contribution in [2.45, 2.75) is 25.0 Å². The molecule has 4 rings (SSSR count). The van der Waals surface area contributed by atoms with E-state index in [0.29, 0.717) is 23.7 Å². The number of Topliss-reactive ketones (excluding diaryl/α,β-unsaturated/α-hetero) is 1. The molecule has 0 N–H and O–H groups in total. The molecule has 2 aromatic carbocycles. The van der Waals surface area contributed by atoms with E-state index in [4.69, 9.17) is 9.47 Å². The Kier molecular flexibility index (Phi) is 2.36. The van der Waals surface area contributed by atoms with E-state index in [1.807, 2.05) is 42.5 Å². The Hall–Kier alpha value is -2.29. The summed E-state index contributed by atoms with van der Waals surface area (Å²) in [6.07, 6.45) is 1.67. The maximum Gasteiger partial charge on any atom is 0.210 e. The summed E-state index contributed by atoms with van der Waals surface area (Å²) in [6, 6.07) is 15.5. The van der Waals surface area contributed by atoms with Crippen molar-refractivity contribution in [2.24, 2.45) is 0 Å². The van der Waals surface area contributed by atoms with Crippen molar-refractivity contribution in [3.63, 3.8) is 0 Å². The van der Waals surface area contributed by atoms with Crippen molar-refractivity contribution in [2.75, 3.05) is 0 Å². The number of ether oxygens (including phenoxy) is 2. The number of carbonyl (C=O) groups is 1. The number of fused-ring (bicyclic) bond motifs is 1. The van der Waals surface area contributed by atoms with Crippen LogP contribution >= 0.6 is 0 Å². The predicted octanol–water partition coefficient (Wildman–Crippen LogP) is 3.37. The van der Waals surface area contributed by atoms with E-state index in [2.05, 4.69) is 0 Å². The molecule has 100 valence electrons. The van der Waals surface area contributed by atoms with Crippen LogP contribution in [0.2, 0.25) is 0 Å². The number of hydrogen-bond acceptors (Lipinski definition) is 3. The molecule has 0 saturated heterocycles. The van der Waals surface area contributed by atoms with Gasteiger partial charge in [0.2, 0.25) is 5.78 Å². The fourth-order valence-electron chi connectivity index (χ4n) is 2.55. The second kappa shape index (κ2) is 4.10. The van der Waals surface area contributed by atoms with E-state index < -0.39 is 5.60 Å². The van der Waals surface area contributed by atoms with Gasteiger partial charge < -0.3 is 9.47 Å².